The zero-order valence-electron chi connectivity index (χ0n) is 13.2. The number of aryl methyl sites for hydroxylation is 1. The summed E-state index contributed by atoms with van der Waals surface area (Å²) < 4.78 is 1.44. The second-order valence-electron chi connectivity index (χ2n) is 4.94. The minimum absolute atomic E-state index is 0.0803. The topological polar surface area (TPSA) is 106 Å². The molecule has 122 valence electrons. The van der Waals surface area contributed by atoms with Crippen LogP contribution in [0.1, 0.15) is 11.3 Å². The molecule has 4 N–H and O–H groups in total. The smallest absolute Gasteiger partial charge is 0.358 e. The van der Waals surface area contributed by atoms with E-state index in [2.05, 4.69) is 4.98 Å². The molecule has 0 spiro atoms. The third-order valence-corrected chi connectivity index (χ3v) is 3.82. The van der Waals surface area contributed by atoms with Gasteiger partial charge in [-0.15, -0.1) is 0 Å². The third-order valence-electron chi connectivity index (χ3n) is 3.43. The zero-order chi connectivity index (χ0) is 17.9. The summed E-state index contributed by atoms with van der Waals surface area (Å²) in [6, 6.07) is 12.4. The fourth-order valence-corrected chi connectivity index (χ4v) is 2.62. The molecule has 0 fully saturated rings. The number of aromatic amines is 1. The number of nitrogen functional groups attached to an aromatic ring is 1. The van der Waals surface area contributed by atoms with Gasteiger partial charge < -0.3 is 10.8 Å². The van der Waals surface area contributed by atoms with Crippen molar-refractivity contribution >= 4 is 28.3 Å². The van der Waals surface area contributed by atoms with Gasteiger partial charge in [0.2, 0.25) is 0 Å². The predicted octanol–water partition coefficient (Wildman–Crippen LogP) is 1.83. The van der Waals surface area contributed by atoms with Crippen molar-refractivity contribution in [1.29, 1.82) is 5.26 Å². The monoisotopic (exact) mass is 343 g/mol. The lowest BCUT2D eigenvalue weighted by atomic mass is 10.2. The first-order valence-electron chi connectivity index (χ1n) is 7.01. The molecule has 0 unspecified atom stereocenters. The molecule has 0 bridgehead atoms. The van der Waals surface area contributed by atoms with Crippen molar-refractivity contribution in [3.63, 3.8) is 0 Å². The number of pyridine rings is 2. The summed E-state index contributed by atoms with van der Waals surface area (Å²) in [4.78, 5) is 15.8. The molecule has 24 heavy (non-hydrogen) atoms. The van der Waals surface area contributed by atoms with Gasteiger partial charge in [0, 0.05) is 12.8 Å². The molecule has 0 aliphatic heterocycles. The average Bonchev–Trinajstić information content (AvgIpc) is 2.58. The number of nitrogens with zero attached hydrogens (tertiary/aromatic N) is 2. The van der Waals surface area contributed by atoms with Crippen LogP contribution in [0.3, 0.4) is 0 Å². The maximum Gasteiger partial charge on any atom is 0.358 e. The summed E-state index contributed by atoms with van der Waals surface area (Å²) in [7, 11) is 1.00. The molecular weight excluding hydrogens is 328 g/mol. The summed E-state index contributed by atoms with van der Waals surface area (Å²) in [6.07, 6.45) is 0. The van der Waals surface area contributed by atoms with Crippen LogP contribution in [-0.2, 0) is 0 Å². The normalized spacial score (nSPS) is 9.96. The molecular formula is C17H16ClN4O2+. The molecule has 2 heterocycles. The van der Waals surface area contributed by atoms with Crippen molar-refractivity contribution in [3.8, 4) is 11.8 Å². The second kappa shape index (κ2) is 7.13. The Balaban J connectivity index is 0.00000100. The van der Waals surface area contributed by atoms with Crippen LogP contribution in [0.4, 0.5) is 5.69 Å². The number of hydrogen-bond acceptors (Lipinski definition) is 4. The molecule has 7 heteroatoms. The third kappa shape index (κ3) is 2.95. The van der Waals surface area contributed by atoms with Crippen LogP contribution in [-0.4, -0.2) is 16.8 Å². The highest BCUT2D eigenvalue weighted by Crippen LogP contribution is 2.24. The summed E-state index contributed by atoms with van der Waals surface area (Å²) in [5, 5.41) is 17.0. The first kappa shape index (κ1) is 17.5. The van der Waals surface area contributed by atoms with E-state index in [1.807, 2.05) is 19.1 Å². The molecule has 3 aromatic rings. The number of benzene rings is 1. The number of halogens is 1. The largest absolute Gasteiger partial charge is 0.400 e. The van der Waals surface area contributed by atoms with E-state index < -0.39 is 5.56 Å². The second-order valence-corrected chi connectivity index (χ2v) is 5.31. The Hall–Kier alpha value is -2.88. The predicted molar refractivity (Wildman–Crippen MR) is 93.1 cm³/mol. The van der Waals surface area contributed by atoms with Crippen LogP contribution in [0.2, 0.25) is 5.02 Å². The van der Waals surface area contributed by atoms with Crippen molar-refractivity contribution in [2.24, 2.45) is 0 Å². The van der Waals surface area contributed by atoms with Crippen LogP contribution < -0.4 is 16.3 Å². The van der Waals surface area contributed by atoms with Gasteiger partial charge in [0.15, 0.2) is 5.56 Å². The number of anilines is 1. The molecule has 6 nitrogen and oxygen atoms in total. The van der Waals surface area contributed by atoms with Crippen molar-refractivity contribution in [2.75, 3.05) is 12.8 Å². The van der Waals surface area contributed by atoms with Crippen LogP contribution in [0.5, 0.6) is 0 Å². The van der Waals surface area contributed by atoms with Gasteiger partial charge in [-0.1, -0.05) is 11.6 Å². The van der Waals surface area contributed by atoms with E-state index >= 15 is 0 Å². The number of fused-ring (bicyclic) bond motifs is 1. The number of H-pyrrole nitrogens is 1. The Kier molecular flexibility index (Phi) is 5.19. The Labute approximate surface area is 143 Å². The number of aliphatic hydroxyl groups excluding tert-OH is 1. The highest BCUT2D eigenvalue weighted by molar-refractivity contribution is 6.36. The number of aromatic nitrogens is 2. The minimum atomic E-state index is -0.466. The molecule has 0 aliphatic carbocycles. The highest BCUT2D eigenvalue weighted by Gasteiger charge is 2.23. The first-order chi connectivity index (χ1) is 11.5. The molecule has 0 atom stereocenters. The number of rotatable bonds is 1. The lowest BCUT2D eigenvalue weighted by Gasteiger charge is -2.06. The van der Waals surface area contributed by atoms with E-state index in [9.17, 15) is 10.1 Å². The van der Waals surface area contributed by atoms with Crippen LogP contribution >= 0.6 is 11.6 Å². The Bertz CT molecular complexity index is 989. The molecule has 0 aliphatic rings. The van der Waals surface area contributed by atoms with E-state index in [0.717, 1.165) is 12.8 Å². The lowest BCUT2D eigenvalue weighted by Crippen LogP contribution is -2.27. The van der Waals surface area contributed by atoms with Crippen LogP contribution in [0.15, 0.2) is 41.2 Å². The summed E-state index contributed by atoms with van der Waals surface area (Å²) in [5.41, 5.74) is 7.76. The van der Waals surface area contributed by atoms with Gasteiger partial charge in [-0.25, -0.2) is 9.78 Å². The van der Waals surface area contributed by atoms with Gasteiger partial charge in [-0.05, 0) is 43.3 Å². The van der Waals surface area contributed by atoms with E-state index in [-0.39, 0.29) is 10.6 Å². The SMILES string of the molecule is CO.Cc1ccc2c(Cl)c(C#N)c(=O)n(-c3ccc(N)cc3)c2[nH+]1. The lowest BCUT2D eigenvalue weighted by molar-refractivity contribution is -0.358. The van der Waals surface area contributed by atoms with E-state index in [0.29, 0.717) is 22.4 Å². The van der Waals surface area contributed by atoms with E-state index in [4.69, 9.17) is 22.4 Å². The van der Waals surface area contributed by atoms with Gasteiger partial charge in [0.25, 0.3) is 5.65 Å². The molecule has 0 amide bonds. The Morgan fingerprint density at radius 1 is 1.21 bits per heavy atom. The number of hydrogen-bond donors (Lipinski definition) is 2. The quantitative estimate of drug-likeness (QED) is 0.657. The van der Waals surface area contributed by atoms with Gasteiger partial charge in [-0.2, -0.15) is 9.83 Å². The van der Waals surface area contributed by atoms with Crippen LogP contribution in [0, 0.1) is 18.3 Å². The highest BCUT2D eigenvalue weighted by atomic mass is 35.5. The molecule has 0 saturated heterocycles. The maximum absolute atomic E-state index is 12.6. The summed E-state index contributed by atoms with van der Waals surface area (Å²) in [5.74, 6) is 0. The molecule has 0 saturated carbocycles. The standard InChI is InChI=1S/C16H11ClN4O.CH4O/c1-9-2-7-12-14(17)13(8-18)16(22)21(15(12)20-9)11-5-3-10(19)4-6-11;1-2/h2-7H,19H2,1H3;2H,1H3/p+1. The van der Waals surface area contributed by atoms with Crippen molar-refractivity contribution in [2.45, 2.75) is 6.92 Å². The first-order valence-corrected chi connectivity index (χ1v) is 7.38. The molecule has 1 aromatic carbocycles. The van der Waals surface area contributed by atoms with Gasteiger partial charge >= 0.3 is 5.56 Å². The molecule has 3 rings (SSSR count). The van der Waals surface area contributed by atoms with Crippen LogP contribution in [0.25, 0.3) is 16.7 Å². The maximum atomic E-state index is 12.6. The van der Waals surface area contributed by atoms with Crippen molar-refractivity contribution in [1.82, 2.24) is 4.57 Å². The number of nitriles is 1. The van der Waals surface area contributed by atoms with E-state index in [1.54, 1.807) is 30.3 Å². The number of nitrogens with two attached hydrogens (primary N) is 1. The van der Waals surface area contributed by atoms with Gasteiger partial charge in [-0.3, -0.25) is 0 Å². The summed E-state index contributed by atoms with van der Waals surface area (Å²) >= 11 is 6.21. The average molecular weight is 344 g/mol. The van der Waals surface area contributed by atoms with E-state index in [1.165, 1.54) is 4.57 Å². The fraction of sp³-hybridized carbons (Fsp3) is 0.118. The van der Waals surface area contributed by atoms with Gasteiger partial charge in [0.1, 0.15) is 11.8 Å². The van der Waals surface area contributed by atoms with Gasteiger partial charge in [0.05, 0.1) is 16.1 Å². The Morgan fingerprint density at radius 2 is 1.83 bits per heavy atom. The molecule has 2 aromatic heterocycles. The number of nitrogens with one attached hydrogen (secondary N) is 1. The van der Waals surface area contributed by atoms with Crippen molar-refractivity contribution < 1.29 is 10.1 Å². The summed E-state index contributed by atoms with van der Waals surface area (Å²) in [6.45, 7) is 1.88. The van der Waals surface area contributed by atoms with Crippen molar-refractivity contribution in [3.05, 3.63) is 63.0 Å². The minimum Gasteiger partial charge on any atom is -0.400 e. The molecule has 0 radical (unpaired) electrons. The Morgan fingerprint density at radius 3 is 2.42 bits per heavy atom. The number of aliphatic hydroxyl groups is 1. The zero-order valence-corrected chi connectivity index (χ0v) is 13.9. The fourth-order valence-electron chi connectivity index (χ4n) is 2.35.